The zero-order chi connectivity index (χ0) is 67.6. The Morgan fingerprint density at radius 3 is 0.546 bits per heavy atom. The summed E-state index contributed by atoms with van der Waals surface area (Å²) in [7, 11) is 0. The van der Waals surface area contributed by atoms with Crippen molar-refractivity contribution in [2.75, 3.05) is 4.90 Å². The summed E-state index contributed by atoms with van der Waals surface area (Å²) in [6, 6.07) is 78.1. The van der Waals surface area contributed by atoms with Crippen molar-refractivity contribution in [3.63, 3.8) is 0 Å². The van der Waals surface area contributed by atoms with Crippen molar-refractivity contribution in [1.29, 1.82) is 0 Å². The molecule has 97 heavy (non-hydrogen) atoms. The lowest BCUT2D eigenvalue weighted by atomic mass is 9.86. The molecule has 0 saturated carbocycles. The average molecular weight is 1290 g/mol. The van der Waals surface area contributed by atoms with Gasteiger partial charge in [-0.3, -0.25) is 0 Å². The van der Waals surface area contributed by atoms with Crippen molar-refractivity contribution < 1.29 is 39.5 Å². The number of alkyl halides is 9. The van der Waals surface area contributed by atoms with Gasteiger partial charge in [0.15, 0.2) is 0 Å². The number of benzene rings is 15. The zero-order valence-corrected chi connectivity index (χ0v) is 53.6. The topological polar surface area (TPSA) is 3.24 Å². The van der Waals surface area contributed by atoms with E-state index < -0.39 is 35.2 Å². The van der Waals surface area contributed by atoms with E-state index in [1.807, 2.05) is 72.8 Å². The number of fused-ring (bicyclic) bond motifs is 6. The fourth-order valence-electron chi connectivity index (χ4n) is 15.0. The van der Waals surface area contributed by atoms with E-state index in [9.17, 15) is 39.5 Å². The summed E-state index contributed by atoms with van der Waals surface area (Å²) in [5, 5.41) is 7.48. The molecular weight excluding hydrogens is 1230 g/mol. The fourth-order valence-corrected chi connectivity index (χ4v) is 15.0. The molecule has 0 radical (unpaired) electrons. The Hall–Kier alpha value is -11.0. The predicted molar refractivity (Wildman–Crippen MR) is 382 cm³/mol. The second-order valence-corrected chi connectivity index (χ2v) is 25.4. The van der Waals surface area contributed by atoms with E-state index in [1.54, 1.807) is 72.8 Å². The third kappa shape index (κ3) is 10.6. The molecule has 476 valence electrons. The lowest BCUT2D eigenvalue weighted by molar-refractivity contribution is -0.137. The fraction of sp³-hybridized carbons (Fsp3) is 0.103. The predicted octanol–water partition coefficient (Wildman–Crippen LogP) is 27.0. The van der Waals surface area contributed by atoms with Gasteiger partial charge in [-0.25, -0.2) is 0 Å². The summed E-state index contributed by atoms with van der Waals surface area (Å²) < 4.78 is 130. The minimum Gasteiger partial charge on any atom is -0.310 e. The van der Waals surface area contributed by atoms with E-state index in [0.29, 0.717) is 32.8 Å². The smallest absolute Gasteiger partial charge is 0.310 e. The minimum absolute atomic E-state index is 0.138. The van der Waals surface area contributed by atoms with Gasteiger partial charge in [-0.15, -0.1) is 0 Å². The van der Waals surface area contributed by atoms with Gasteiger partial charge in [0.2, 0.25) is 0 Å². The van der Waals surface area contributed by atoms with Crippen LogP contribution in [0.2, 0.25) is 0 Å². The monoisotopic (exact) mass is 1290 g/mol. The van der Waals surface area contributed by atoms with Gasteiger partial charge in [-0.05, 0) is 261 Å². The van der Waals surface area contributed by atoms with Crippen LogP contribution in [0, 0.1) is 41.5 Å². The minimum atomic E-state index is -4.53. The molecule has 15 aromatic rings. The van der Waals surface area contributed by atoms with E-state index >= 15 is 0 Å². The molecule has 1 nitrogen and oxygen atoms in total. The number of aryl methyl sites for hydroxylation is 6. The summed E-state index contributed by atoms with van der Waals surface area (Å²) in [4.78, 5) is 2.34. The summed E-state index contributed by atoms with van der Waals surface area (Å²) in [6.07, 6.45) is -13.6. The molecule has 0 aliphatic rings. The molecule has 0 aliphatic heterocycles. The molecule has 0 N–H and O–H groups in total. The first-order valence-electron chi connectivity index (χ1n) is 32.0. The van der Waals surface area contributed by atoms with E-state index in [-0.39, 0.29) is 16.2 Å². The Morgan fingerprint density at radius 2 is 0.351 bits per heavy atom. The number of rotatable bonds is 9. The van der Waals surface area contributed by atoms with Gasteiger partial charge in [-0.2, -0.15) is 39.5 Å². The van der Waals surface area contributed by atoms with Gasteiger partial charge in [0.25, 0.3) is 0 Å². The van der Waals surface area contributed by atoms with Crippen LogP contribution < -0.4 is 4.90 Å². The first kappa shape index (κ1) is 62.2. The standard InChI is InChI=1S/C87H60F9N/c1-49-46-82(52(4)43-76(49)70-34-31-64(55-19-7-10-22-58(55)70)67-37-40-79(85(88,89)90)73-28-16-13-25-61(67)73)97(83-47-50(2)77(44-53(83)5)71-35-32-65(56-20-8-11-23-59(56)71)68-38-41-80(86(91,92)93)74-29-17-14-26-62(68)74)84-48-51(3)78(45-54(84)6)72-36-33-66(57-21-9-12-24-60(57)72)69-39-42-81(87(94,95)96)75-30-18-15-27-63(69)75/h7-48H,1-6H3. The Kier molecular flexibility index (Phi) is 15.0. The third-order valence-corrected chi connectivity index (χ3v) is 19.6. The largest absolute Gasteiger partial charge is 0.417 e. The second kappa shape index (κ2) is 23.4. The highest BCUT2D eigenvalue weighted by molar-refractivity contribution is 6.14. The molecule has 0 saturated heterocycles. The van der Waals surface area contributed by atoms with Crippen LogP contribution in [-0.4, -0.2) is 0 Å². The normalized spacial score (nSPS) is 12.3. The van der Waals surface area contributed by atoms with Crippen LogP contribution in [0.4, 0.5) is 56.6 Å². The maximum absolute atomic E-state index is 14.4. The molecular formula is C87H60F9N. The zero-order valence-electron chi connectivity index (χ0n) is 53.6. The molecule has 0 aliphatic carbocycles. The van der Waals surface area contributed by atoms with Gasteiger partial charge in [0, 0.05) is 17.1 Å². The van der Waals surface area contributed by atoms with Crippen LogP contribution >= 0.6 is 0 Å². The third-order valence-electron chi connectivity index (χ3n) is 19.6. The van der Waals surface area contributed by atoms with Gasteiger partial charge >= 0.3 is 18.5 Å². The number of anilines is 3. The maximum atomic E-state index is 14.4. The lowest BCUT2D eigenvalue weighted by Crippen LogP contribution is -2.15. The van der Waals surface area contributed by atoms with E-state index in [2.05, 4.69) is 119 Å². The highest BCUT2D eigenvalue weighted by Crippen LogP contribution is 2.51. The summed E-state index contributed by atoms with van der Waals surface area (Å²) in [5.74, 6) is 0. The highest BCUT2D eigenvalue weighted by atomic mass is 19.4. The summed E-state index contributed by atoms with van der Waals surface area (Å²) >= 11 is 0. The van der Waals surface area contributed by atoms with E-state index in [4.69, 9.17) is 0 Å². The van der Waals surface area contributed by atoms with Crippen molar-refractivity contribution in [1.82, 2.24) is 0 Å². The first-order chi connectivity index (χ1) is 46.5. The van der Waals surface area contributed by atoms with Crippen LogP contribution in [0.25, 0.3) is 131 Å². The molecule has 0 fully saturated rings. The van der Waals surface area contributed by atoms with Gasteiger partial charge < -0.3 is 4.90 Å². The molecule has 15 rings (SSSR count). The van der Waals surface area contributed by atoms with Crippen LogP contribution in [0.1, 0.15) is 50.1 Å². The Morgan fingerprint density at radius 1 is 0.186 bits per heavy atom. The lowest BCUT2D eigenvalue weighted by Gasteiger charge is -2.32. The number of halogens is 9. The molecule has 0 spiro atoms. The quantitative estimate of drug-likeness (QED) is 0.130. The van der Waals surface area contributed by atoms with Crippen molar-refractivity contribution >= 4 is 81.7 Å². The Bertz CT molecular complexity index is 5190. The molecule has 10 heteroatoms. The van der Waals surface area contributed by atoms with Gasteiger partial charge in [0.05, 0.1) is 16.7 Å². The number of nitrogens with zero attached hydrogens (tertiary/aromatic N) is 1. The van der Waals surface area contributed by atoms with Crippen molar-refractivity contribution in [3.8, 4) is 66.8 Å². The molecule has 0 amide bonds. The maximum Gasteiger partial charge on any atom is 0.417 e. The van der Waals surface area contributed by atoms with Crippen LogP contribution in [0.15, 0.2) is 255 Å². The van der Waals surface area contributed by atoms with Crippen molar-refractivity contribution in [3.05, 3.63) is 305 Å². The number of hydrogen-bond acceptors (Lipinski definition) is 1. The van der Waals surface area contributed by atoms with Crippen LogP contribution in [0.5, 0.6) is 0 Å². The Balaban J connectivity index is 0.884. The van der Waals surface area contributed by atoms with Crippen LogP contribution in [-0.2, 0) is 18.5 Å². The summed E-state index contributed by atoms with van der Waals surface area (Å²) in [5.41, 5.74) is 17.1. The van der Waals surface area contributed by atoms with Gasteiger partial charge in [0.1, 0.15) is 0 Å². The molecule has 0 atom stereocenters. The van der Waals surface area contributed by atoms with Crippen molar-refractivity contribution in [2.45, 2.75) is 60.1 Å². The first-order valence-corrected chi connectivity index (χ1v) is 32.0. The molecule has 0 heterocycles. The van der Waals surface area contributed by atoms with Gasteiger partial charge in [-0.1, -0.05) is 200 Å². The molecule has 0 aromatic heterocycles. The van der Waals surface area contributed by atoms with E-state index in [1.165, 1.54) is 36.4 Å². The highest BCUT2D eigenvalue weighted by Gasteiger charge is 2.36. The summed E-state index contributed by atoms with van der Waals surface area (Å²) in [6.45, 7) is 12.7. The molecule has 0 bridgehead atoms. The van der Waals surface area contributed by atoms with E-state index in [0.717, 1.165) is 133 Å². The SMILES string of the molecule is Cc1cc(N(c2cc(C)c(-c3ccc(-c4ccc(C(F)(F)F)c5ccccc45)c4ccccc34)cc2C)c2cc(C)c(-c3ccc(-c4ccc(C(F)(F)F)c5ccccc45)c4ccccc34)cc2C)c(C)cc1-c1ccc(-c2ccc(C(F)(F)F)c3ccccc23)c2ccccc12. The second-order valence-electron chi connectivity index (χ2n) is 25.4. The molecule has 0 unspecified atom stereocenters. The Labute approximate surface area is 555 Å². The average Bonchev–Trinajstić information content (AvgIpc) is 0.757. The van der Waals surface area contributed by atoms with Crippen molar-refractivity contribution in [2.24, 2.45) is 0 Å². The van der Waals surface area contributed by atoms with Crippen LogP contribution in [0.3, 0.4) is 0 Å². The number of hydrogen-bond donors (Lipinski definition) is 0. The molecule has 15 aromatic carbocycles.